The highest BCUT2D eigenvalue weighted by Gasteiger charge is 1.96. The van der Waals surface area contributed by atoms with Crippen LogP contribution in [0.2, 0.25) is 0 Å². The van der Waals surface area contributed by atoms with E-state index in [1.807, 2.05) is 0 Å². The van der Waals surface area contributed by atoms with Crippen molar-refractivity contribution in [3.63, 3.8) is 0 Å². The molecule has 58 valence electrons. The summed E-state index contributed by atoms with van der Waals surface area (Å²) in [5.41, 5.74) is 1.39. The van der Waals surface area contributed by atoms with Crippen molar-refractivity contribution in [3.05, 3.63) is 30.4 Å². The van der Waals surface area contributed by atoms with E-state index < -0.39 is 0 Å². The van der Waals surface area contributed by atoms with E-state index in [2.05, 4.69) is 15.0 Å². The van der Waals surface area contributed by atoms with Gasteiger partial charge in [0.05, 0.1) is 11.7 Å². The van der Waals surface area contributed by atoms with Gasteiger partial charge < -0.3 is 0 Å². The summed E-state index contributed by atoms with van der Waals surface area (Å²) in [6.45, 7) is 0. The Bertz CT molecular complexity index is 427. The van der Waals surface area contributed by atoms with Crippen molar-refractivity contribution in [2.75, 3.05) is 0 Å². The maximum Gasteiger partial charge on any atom is 0.193 e. The van der Waals surface area contributed by atoms with Crippen molar-refractivity contribution in [2.24, 2.45) is 0 Å². The second-order valence-corrected chi connectivity index (χ2v) is 2.25. The van der Waals surface area contributed by atoms with Gasteiger partial charge in [-0.2, -0.15) is 0 Å². The van der Waals surface area contributed by atoms with Crippen LogP contribution in [0.4, 0.5) is 0 Å². The van der Waals surface area contributed by atoms with Crippen molar-refractivity contribution in [2.45, 2.75) is 0 Å². The summed E-state index contributed by atoms with van der Waals surface area (Å²) in [5.74, 6) is 0.190. The Morgan fingerprint density at radius 2 is 2.17 bits per heavy atom. The number of hydrogen-bond acceptors (Lipinski definition) is 4. The molecule has 0 aliphatic rings. The lowest BCUT2D eigenvalue weighted by atomic mass is 10.4. The zero-order valence-electron chi connectivity index (χ0n) is 6.14. The van der Waals surface area contributed by atoms with E-state index in [0.29, 0.717) is 17.3 Å². The summed E-state index contributed by atoms with van der Waals surface area (Å²) in [5, 5.41) is 0. The zero-order chi connectivity index (χ0) is 8.39. The normalized spacial score (nSPS) is 10.0. The van der Waals surface area contributed by atoms with E-state index in [0.717, 1.165) is 0 Å². The lowest BCUT2D eigenvalue weighted by Gasteiger charge is -1.93. The second kappa shape index (κ2) is 2.65. The van der Waals surface area contributed by atoms with Gasteiger partial charge in [0.25, 0.3) is 0 Å². The van der Waals surface area contributed by atoms with E-state index in [4.69, 9.17) is 0 Å². The van der Waals surface area contributed by atoms with Crippen LogP contribution in [0, 0.1) is 0 Å². The molecule has 0 unspecified atom stereocenters. The smallest absolute Gasteiger partial charge is 0.193 e. The Morgan fingerprint density at radius 1 is 1.25 bits per heavy atom. The number of hydrogen-bond donors (Lipinski definition) is 0. The number of pyridine rings is 1. The fourth-order valence-corrected chi connectivity index (χ4v) is 0.939. The average Bonchev–Trinajstić information content (AvgIpc) is 2.17. The highest BCUT2D eigenvalue weighted by molar-refractivity contribution is 5.77. The predicted octanol–water partition coefficient (Wildman–Crippen LogP) is 0.837. The summed E-state index contributed by atoms with van der Waals surface area (Å²) in [4.78, 5) is 22.1. The average molecular weight is 159 g/mol. The Morgan fingerprint density at radius 3 is 3.00 bits per heavy atom. The van der Waals surface area contributed by atoms with E-state index in [1.165, 1.54) is 6.20 Å². The van der Waals surface area contributed by atoms with Crippen LogP contribution >= 0.6 is 0 Å². The number of nitrogens with zero attached hydrogens (tertiary/aromatic N) is 3. The summed E-state index contributed by atoms with van der Waals surface area (Å²) >= 11 is 0. The maximum atomic E-state index is 10.3. The molecule has 0 atom stereocenters. The Balaban J connectivity index is 2.75. The zero-order valence-corrected chi connectivity index (χ0v) is 6.14. The minimum Gasteiger partial charge on any atom is -0.294 e. The molecule has 2 aromatic heterocycles. The summed E-state index contributed by atoms with van der Waals surface area (Å²) < 4.78 is 0. The third-order valence-electron chi connectivity index (χ3n) is 1.48. The molecule has 0 saturated carbocycles. The van der Waals surface area contributed by atoms with Crippen molar-refractivity contribution >= 4 is 17.3 Å². The molecule has 0 N–H and O–H groups in total. The van der Waals surface area contributed by atoms with Crippen LogP contribution in [0.5, 0.6) is 0 Å². The maximum absolute atomic E-state index is 10.3. The van der Waals surface area contributed by atoms with Gasteiger partial charge in [0.1, 0.15) is 5.52 Å². The SMILES string of the molecule is O=Cc1ncc2ncccc2n1. The second-order valence-electron chi connectivity index (χ2n) is 2.25. The van der Waals surface area contributed by atoms with E-state index in [9.17, 15) is 4.79 Å². The number of rotatable bonds is 1. The van der Waals surface area contributed by atoms with Gasteiger partial charge in [-0.1, -0.05) is 0 Å². The first-order valence-electron chi connectivity index (χ1n) is 3.43. The molecule has 0 amide bonds. The number of fused-ring (bicyclic) bond motifs is 1. The van der Waals surface area contributed by atoms with Crippen LogP contribution in [0.25, 0.3) is 11.0 Å². The van der Waals surface area contributed by atoms with Crippen LogP contribution in [0.1, 0.15) is 10.6 Å². The van der Waals surface area contributed by atoms with Gasteiger partial charge in [0, 0.05) is 6.20 Å². The molecule has 0 aliphatic carbocycles. The molecule has 0 fully saturated rings. The van der Waals surface area contributed by atoms with Crippen LogP contribution < -0.4 is 0 Å². The minimum absolute atomic E-state index is 0.190. The van der Waals surface area contributed by atoms with Gasteiger partial charge in [0.2, 0.25) is 0 Å². The number of aromatic nitrogens is 3. The first kappa shape index (κ1) is 6.84. The predicted molar refractivity (Wildman–Crippen MR) is 42.7 cm³/mol. The third kappa shape index (κ3) is 1.03. The van der Waals surface area contributed by atoms with Gasteiger partial charge in [-0.3, -0.25) is 9.78 Å². The molecule has 0 radical (unpaired) electrons. The highest BCUT2D eigenvalue weighted by atomic mass is 16.1. The minimum atomic E-state index is 0.190. The van der Waals surface area contributed by atoms with Gasteiger partial charge in [-0.15, -0.1) is 0 Å². The lowest BCUT2D eigenvalue weighted by Crippen LogP contribution is -1.92. The van der Waals surface area contributed by atoms with Crippen molar-refractivity contribution in [1.29, 1.82) is 0 Å². The summed E-state index contributed by atoms with van der Waals surface area (Å²) in [6, 6.07) is 3.56. The van der Waals surface area contributed by atoms with E-state index in [-0.39, 0.29) is 5.82 Å². The topological polar surface area (TPSA) is 55.7 Å². The molecule has 12 heavy (non-hydrogen) atoms. The molecule has 0 aliphatic heterocycles. The Kier molecular flexibility index (Phi) is 1.51. The molecule has 0 aromatic carbocycles. The van der Waals surface area contributed by atoms with Crippen molar-refractivity contribution < 1.29 is 4.79 Å². The molecule has 0 saturated heterocycles. The highest BCUT2D eigenvalue weighted by Crippen LogP contribution is 2.04. The number of aldehydes is 1. The van der Waals surface area contributed by atoms with Gasteiger partial charge in [-0.25, -0.2) is 9.97 Å². The van der Waals surface area contributed by atoms with Crippen LogP contribution in [-0.2, 0) is 0 Å². The molecule has 4 heteroatoms. The standard InChI is InChI=1S/C8H5N3O/c12-5-8-10-4-7-6(11-8)2-1-3-9-7/h1-5H. The van der Waals surface area contributed by atoms with E-state index in [1.54, 1.807) is 18.3 Å². The van der Waals surface area contributed by atoms with Gasteiger partial charge in [0.15, 0.2) is 12.1 Å². The molecule has 0 bridgehead atoms. The molecular weight excluding hydrogens is 154 g/mol. The van der Waals surface area contributed by atoms with Gasteiger partial charge >= 0.3 is 0 Å². The fourth-order valence-electron chi connectivity index (χ4n) is 0.939. The molecule has 4 nitrogen and oxygen atoms in total. The summed E-state index contributed by atoms with van der Waals surface area (Å²) in [7, 11) is 0. The molecular formula is C8H5N3O. The van der Waals surface area contributed by atoms with Crippen LogP contribution in [0.15, 0.2) is 24.5 Å². The monoisotopic (exact) mass is 159 g/mol. The number of carbonyl (C=O) groups excluding carboxylic acids is 1. The van der Waals surface area contributed by atoms with Gasteiger partial charge in [-0.05, 0) is 12.1 Å². The molecule has 0 spiro atoms. The summed E-state index contributed by atoms with van der Waals surface area (Å²) in [6.07, 6.45) is 3.81. The Hall–Kier alpha value is -1.84. The quantitative estimate of drug-likeness (QED) is 0.578. The van der Waals surface area contributed by atoms with E-state index >= 15 is 0 Å². The van der Waals surface area contributed by atoms with Crippen LogP contribution in [0.3, 0.4) is 0 Å². The Labute approximate surface area is 68.3 Å². The first-order chi connectivity index (χ1) is 5.90. The fraction of sp³-hybridized carbons (Fsp3) is 0. The molecule has 2 aromatic rings. The van der Waals surface area contributed by atoms with Crippen molar-refractivity contribution in [3.8, 4) is 0 Å². The van der Waals surface area contributed by atoms with Crippen molar-refractivity contribution in [1.82, 2.24) is 15.0 Å². The first-order valence-corrected chi connectivity index (χ1v) is 3.43. The largest absolute Gasteiger partial charge is 0.294 e. The molecule has 2 heterocycles. The molecule has 2 rings (SSSR count). The third-order valence-corrected chi connectivity index (χ3v) is 1.48. The lowest BCUT2D eigenvalue weighted by molar-refractivity contribution is 0.111. The van der Waals surface area contributed by atoms with Crippen LogP contribution in [-0.4, -0.2) is 21.2 Å². The number of carbonyl (C=O) groups is 1.